The summed E-state index contributed by atoms with van der Waals surface area (Å²) in [5.74, 6) is -0.0433. The molecule has 2 heterocycles. The van der Waals surface area contributed by atoms with Gasteiger partial charge in [-0.05, 0) is 33.8 Å². The fraction of sp³-hybridized carbons (Fsp3) is 0.538. The molecule has 0 amide bonds. The van der Waals surface area contributed by atoms with E-state index in [0.717, 1.165) is 0 Å². The highest BCUT2D eigenvalue weighted by molar-refractivity contribution is 6.63. The third-order valence-corrected chi connectivity index (χ3v) is 3.97. The number of ether oxygens (including phenoxy) is 2. The van der Waals surface area contributed by atoms with Crippen molar-refractivity contribution in [2.24, 2.45) is 0 Å². The highest BCUT2D eigenvalue weighted by Gasteiger charge is 2.54. The molecule has 0 spiro atoms. The predicted octanol–water partition coefficient (Wildman–Crippen LogP) is 2.31. The highest BCUT2D eigenvalue weighted by atomic mass is 19.3. The second kappa shape index (κ2) is 3.86. The molecule has 1 fully saturated rings. The van der Waals surface area contributed by atoms with Crippen LogP contribution in [0.3, 0.4) is 0 Å². The van der Waals surface area contributed by atoms with Crippen LogP contribution in [0.25, 0.3) is 0 Å². The Morgan fingerprint density at radius 2 is 1.55 bits per heavy atom. The summed E-state index contributed by atoms with van der Waals surface area (Å²) in [7, 11) is -0.771. The number of halogens is 2. The van der Waals surface area contributed by atoms with Crippen molar-refractivity contribution < 1.29 is 27.6 Å². The second-order valence-corrected chi connectivity index (χ2v) is 5.93. The molecule has 20 heavy (non-hydrogen) atoms. The number of rotatable bonds is 1. The van der Waals surface area contributed by atoms with E-state index in [2.05, 4.69) is 9.47 Å². The quantitative estimate of drug-likeness (QED) is 0.741. The van der Waals surface area contributed by atoms with Crippen molar-refractivity contribution in [2.45, 2.75) is 45.2 Å². The SMILES string of the molecule is CC1(C)OB(c2cccc3c2OC(F)(F)O3)OC1(C)C. The highest BCUT2D eigenvalue weighted by Crippen LogP contribution is 2.42. The van der Waals surface area contributed by atoms with E-state index in [-0.39, 0.29) is 11.5 Å². The Morgan fingerprint density at radius 3 is 2.15 bits per heavy atom. The van der Waals surface area contributed by atoms with E-state index in [0.29, 0.717) is 5.46 Å². The zero-order chi connectivity index (χ0) is 14.8. The first-order valence-corrected chi connectivity index (χ1v) is 6.36. The van der Waals surface area contributed by atoms with Gasteiger partial charge < -0.3 is 18.8 Å². The number of hydrogen-bond acceptors (Lipinski definition) is 4. The van der Waals surface area contributed by atoms with Crippen LogP contribution in [0.4, 0.5) is 8.78 Å². The third-order valence-electron chi connectivity index (χ3n) is 3.97. The fourth-order valence-corrected chi connectivity index (χ4v) is 2.15. The first kappa shape index (κ1) is 13.6. The van der Waals surface area contributed by atoms with E-state index in [1.807, 2.05) is 27.7 Å². The van der Waals surface area contributed by atoms with Gasteiger partial charge in [-0.3, -0.25) is 0 Å². The lowest BCUT2D eigenvalue weighted by Crippen LogP contribution is -2.41. The molecule has 4 nitrogen and oxygen atoms in total. The Kier molecular flexibility index (Phi) is 2.63. The summed E-state index contributed by atoms with van der Waals surface area (Å²) in [4.78, 5) is 0. The van der Waals surface area contributed by atoms with Crippen LogP contribution in [-0.4, -0.2) is 24.6 Å². The molecule has 0 saturated carbocycles. The summed E-state index contributed by atoms with van der Waals surface area (Å²) < 4.78 is 47.0. The molecule has 0 N–H and O–H groups in total. The Bertz CT molecular complexity index is 543. The molecule has 0 aromatic heterocycles. The molecule has 0 unspecified atom stereocenters. The number of para-hydroxylation sites is 1. The summed E-state index contributed by atoms with van der Waals surface area (Å²) in [6.07, 6.45) is -3.65. The maximum Gasteiger partial charge on any atom is 0.586 e. The average molecular weight is 284 g/mol. The Morgan fingerprint density at radius 1 is 0.950 bits per heavy atom. The number of hydrogen-bond donors (Lipinski definition) is 0. The van der Waals surface area contributed by atoms with Crippen molar-refractivity contribution >= 4 is 12.6 Å². The molecule has 0 radical (unpaired) electrons. The van der Waals surface area contributed by atoms with Gasteiger partial charge in [0.25, 0.3) is 0 Å². The van der Waals surface area contributed by atoms with Crippen LogP contribution >= 0.6 is 0 Å². The van der Waals surface area contributed by atoms with Crippen LogP contribution in [0.15, 0.2) is 18.2 Å². The van der Waals surface area contributed by atoms with Crippen LogP contribution in [0.2, 0.25) is 0 Å². The maximum absolute atomic E-state index is 13.2. The topological polar surface area (TPSA) is 36.9 Å². The van der Waals surface area contributed by atoms with Gasteiger partial charge in [0.05, 0.1) is 11.2 Å². The Labute approximate surface area is 116 Å². The maximum atomic E-state index is 13.2. The van der Waals surface area contributed by atoms with Crippen molar-refractivity contribution in [1.29, 1.82) is 0 Å². The lowest BCUT2D eigenvalue weighted by Gasteiger charge is -2.32. The van der Waals surface area contributed by atoms with Gasteiger partial charge in [0.2, 0.25) is 0 Å². The normalized spacial score (nSPS) is 25.0. The zero-order valence-electron chi connectivity index (χ0n) is 11.7. The summed E-state index contributed by atoms with van der Waals surface area (Å²) in [5.41, 5.74) is -0.705. The van der Waals surface area contributed by atoms with E-state index in [4.69, 9.17) is 9.31 Å². The Hall–Kier alpha value is -1.34. The fourth-order valence-electron chi connectivity index (χ4n) is 2.15. The summed E-state index contributed by atoms with van der Waals surface area (Å²) in [6, 6.07) is 4.65. The van der Waals surface area contributed by atoms with Gasteiger partial charge in [0.15, 0.2) is 11.5 Å². The van der Waals surface area contributed by atoms with Crippen molar-refractivity contribution in [3.8, 4) is 11.5 Å². The minimum absolute atomic E-state index is 0.0118. The van der Waals surface area contributed by atoms with Gasteiger partial charge in [-0.15, -0.1) is 8.78 Å². The third kappa shape index (κ3) is 1.96. The Balaban J connectivity index is 1.97. The largest absolute Gasteiger partial charge is 0.586 e. The molecule has 1 aromatic carbocycles. The molecule has 1 saturated heterocycles. The smallest absolute Gasteiger partial charge is 0.399 e. The van der Waals surface area contributed by atoms with Gasteiger partial charge in [-0.1, -0.05) is 12.1 Å². The van der Waals surface area contributed by atoms with E-state index in [1.54, 1.807) is 12.1 Å². The minimum atomic E-state index is -3.65. The van der Waals surface area contributed by atoms with Gasteiger partial charge in [0.1, 0.15) is 0 Å². The molecular formula is C13H15BF2O4. The number of fused-ring (bicyclic) bond motifs is 1. The first-order chi connectivity index (χ1) is 9.11. The van der Waals surface area contributed by atoms with Crippen LogP contribution in [0.1, 0.15) is 27.7 Å². The molecule has 3 rings (SSSR count). The van der Waals surface area contributed by atoms with Crippen molar-refractivity contribution in [3.05, 3.63) is 18.2 Å². The molecule has 2 aliphatic rings. The van der Waals surface area contributed by atoms with Crippen molar-refractivity contribution in [3.63, 3.8) is 0 Å². The van der Waals surface area contributed by atoms with Crippen LogP contribution in [0.5, 0.6) is 11.5 Å². The first-order valence-electron chi connectivity index (χ1n) is 6.36. The molecule has 2 aliphatic heterocycles. The average Bonchev–Trinajstić information content (AvgIpc) is 2.70. The van der Waals surface area contributed by atoms with Crippen LogP contribution in [0, 0.1) is 0 Å². The molecule has 0 atom stereocenters. The summed E-state index contributed by atoms with van der Waals surface area (Å²) in [5, 5.41) is 0. The monoisotopic (exact) mass is 284 g/mol. The predicted molar refractivity (Wildman–Crippen MR) is 68.4 cm³/mol. The van der Waals surface area contributed by atoms with E-state index < -0.39 is 24.6 Å². The molecule has 1 aromatic rings. The summed E-state index contributed by atoms with van der Waals surface area (Å²) in [6.45, 7) is 7.56. The molecule has 0 bridgehead atoms. The van der Waals surface area contributed by atoms with Crippen molar-refractivity contribution in [2.75, 3.05) is 0 Å². The lowest BCUT2D eigenvalue weighted by atomic mass is 9.78. The van der Waals surface area contributed by atoms with Crippen molar-refractivity contribution in [1.82, 2.24) is 0 Å². The van der Waals surface area contributed by atoms with E-state index >= 15 is 0 Å². The number of benzene rings is 1. The second-order valence-electron chi connectivity index (χ2n) is 5.93. The van der Waals surface area contributed by atoms with E-state index in [9.17, 15) is 8.78 Å². The van der Waals surface area contributed by atoms with Crippen LogP contribution < -0.4 is 14.9 Å². The lowest BCUT2D eigenvalue weighted by molar-refractivity contribution is -0.286. The van der Waals surface area contributed by atoms with Crippen LogP contribution in [-0.2, 0) is 9.31 Å². The minimum Gasteiger partial charge on any atom is -0.399 e. The number of alkyl halides is 2. The molecule has 0 aliphatic carbocycles. The molecule has 7 heteroatoms. The molecule has 108 valence electrons. The zero-order valence-corrected chi connectivity index (χ0v) is 11.7. The summed E-state index contributed by atoms with van der Waals surface area (Å²) >= 11 is 0. The standard InChI is InChI=1S/C13H15BF2O4/c1-11(2)12(3,4)20-14(19-11)8-6-5-7-9-10(8)18-13(15,16)17-9/h5-7H,1-4H3. The molecular weight excluding hydrogens is 269 g/mol. The van der Waals surface area contributed by atoms with Gasteiger partial charge in [-0.25, -0.2) is 0 Å². The van der Waals surface area contributed by atoms with Gasteiger partial charge >= 0.3 is 13.4 Å². The van der Waals surface area contributed by atoms with Gasteiger partial charge in [0, 0.05) is 5.46 Å². The van der Waals surface area contributed by atoms with E-state index in [1.165, 1.54) is 6.07 Å². The van der Waals surface area contributed by atoms with Gasteiger partial charge in [-0.2, -0.15) is 0 Å².